The second-order valence-corrected chi connectivity index (χ2v) is 5.52. The molecule has 0 aliphatic carbocycles. The van der Waals surface area contributed by atoms with Gasteiger partial charge in [-0.05, 0) is 37.1 Å². The Labute approximate surface area is 128 Å². The van der Waals surface area contributed by atoms with Crippen LogP contribution in [-0.4, -0.2) is 12.5 Å². The molecule has 0 aliphatic heterocycles. The Morgan fingerprint density at radius 1 is 1.19 bits per heavy atom. The average molecular weight is 288 g/mol. The monoisotopic (exact) mass is 288 g/mol. The highest BCUT2D eigenvalue weighted by atomic mass is 16.1. The molecule has 0 bridgehead atoms. The van der Waals surface area contributed by atoms with Crippen LogP contribution in [0.5, 0.6) is 0 Å². The van der Waals surface area contributed by atoms with Crippen molar-refractivity contribution in [3.8, 4) is 0 Å². The molecule has 0 atom stereocenters. The molecule has 1 aromatic carbocycles. The quantitative estimate of drug-likeness (QED) is 0.407. The molecule has 0 aliphatic rings. The molecule has 0 aromatic heterocycles. The Morgan fingerprint density at radius 3 is 2.62 bits per heavy atom. The van der Waals surface area contributed by atoms with Crippen molar-refractivity contribution in [1.29, 1.82) is 0 Å². The third kappa shape index (κ3) is 7.54. The summed E-state index contributed by atoms with van der Waals surface area (Å²) in [4.78, 5) is 12.0. The summed E-state index contributed by atoms with van der Waals surface area (Å²) in [5.74, 6) is 0.00554. The molecule has 0 saturated heterocycles. The molecule has 21 heavy (non-hydrogen) atoms. The number of hydrogen-bond acceptors (Lipinski definition) is 2. The Kier molecular flexibility index (Phi) is 8.25. The standard InChI is InChI=1S/C18H28N2O/c1-3-4-5-6-7-8-12-20-18(21)15(2)13-16-10-9-11-17(19)14-16/h9-11,13-14H,3-8,12,19H2,1-2H3,(H,20,21). The number of carbonyl (C=O) groups is 1. The molecule has 0 unspecified atom stereocenters. The van der Waals surface area contributed by atoms with E-state index in [1.807, 2.05) is 37.3 Å². The summed E-state index contributed by atoms with van der Waals surface area (Å²) in [6, 6.07) is 7.54. The molecule has 0 fully saturated rings. The highest BCUT2D eigenvalue weighted by Gasteiger charge is 2.03. The predicted molar refractivity (Wildman–Crippen MR) is 90.9 cm³/mol. The van der Waals surface area contributed by atoms with Crippen LogP contribution in [-0.2, 0) is 4.79 Å². The number of hydrogen-bond donors (Lipinski definition) is 2. The first kappa shape index (κ1) is 17.3. The Morgan fingerprint density at radius 2 is 1.90 bits per heavy atom. The van der Waals surface area contributed by atoms with Crippen LogP contribution in [0, 0.1) is 0 Å². The number of nitrogen functional groups attached to an aromatic ring is 1. The lowest BCUT2D eigenvalue weighted by Gasteiger charge is -2.06. The van der Waals surface area contributed by atoms with E-state index in [0.29, 0.717) is 11.3 Å². The van der Waals surface area contributed by atoms with Gasteiger partial charge < -0.3 is 11.1 Å². The topological polar surface area (TPSA) is 55.1 Å². The van der Waals surface area contributed by atoms with Crippen LogP contribution in [0.15, 0.2) is 29.8 Å². The van der Waals surface area contributed by atoms with Crippen molar-refractivity contribution >= 4 is 17.7 Å². The van der Waals surface area contributed by atoms with Gasteiger partial charge in [-0.25, -0.2) is 0 Å². The lowest BCUT2D eigenvalue weighted by atomic mass is 10.1. The molecule has 0 spiro atoms. The van der Waals surface area contributed by atoms with E-state index in [9.17, 15) is 4.79 Å². The van der Waals surface area contributed by atoms with Crippen molar-refractivity contribution in [1.82, 2.24) is 5.32 Å². The van der Waals surface area contributed by atoms with Crippen LogP contribution >= 0.6 is 0 Å². The molecule has 1 amide bonds. The number of amides is 1. The van der Waals surface area contributed by atoms with Crippen molar-refractivity contribution in [2.45, 2.75) is 52.4 Å². The molecule has 0 heterocycles. The van der Waals surface area contributed by atoms with Crippen molar-refractivity contribution in [3.05, 3.63) is 35.4 Å². The van der Waals surface area contributed by atoms with Gasteiger partial charge in [0.2, 0.25) is 5.91 Å². The van der Waals surface area contributed by atoms with E-state index in [1.54, 1.807) is 0 Å². The fraction of sp³-hybridized carbons (Fsp3) is 0.500. The van der Waals surface area contributed by atoms with Gasteiger partial charge in [-0.15, -0.1) is 0 Å². The highest BCUT2D eigenvalue weighted by molar-refractivity contribution is 5.97. The minimum atomic E-state index is 0.00554. The van der Waals surface area contributed by atoms with E-state index >= 15 is 0 Å². The summed E-state index contributed by atoms with van der Waals surface area (Å²) >= 11 is 0. The number of nitrogens with one attached hydrogen (secondary N) is 1. The third-order valence-corrected chi connectivity index (χ3v) is 3.47. The van der Waals surface area contributed by atoms with E-state index in [1.165, 1.54) is 32.1 Å². The zero-order valence-corrected chi connectivity index (χ0v) is 13.3. The lowest BCUT2D eigenvalue weighted by molar-refractivity contribution is -0.117. The average Bonchev–Trinajstić information content (AvgIpc) is 2.46. The minimum Gasteiger partial charge on any atom is -0.399 e. The van der Waals surface area contributed by atoms with Gasteiger partial charge in [-0.3, -0.25) is 4.79 Å². The molecule has 3 N–H and O–H groups in total. The zero-order valence-electron chi connectivity index (χ0n) is 13.3. The summed E-state index contributed by atoms with van der Waals surface area (Å²) in [6.45, 7) is 4.81. The zero-order chi connectivity index (χ0) is 15.5. The Hall–Kier alpha value is -1.77. The summed E-state index contributed by atoms with van der Waals surface area (Å²) in [6.07, 6.45) is 9.27. The van der Waals surface area contributed by atoms with Crippen LogP contribution in [0.4, 0.5) is 5.69 Å². The summed E-state index contributed by atoms with van der Waals surface area (Å²) in [7, 11) is 0. The van der Waals surface area contributed by atoms with Crippen molar-refractivity contribution in [2.24, 2.45) is 0 Å². The SMILES string of the molecule is CCCCCCCCNC(=O)C(C)=Cc1cccc(N)c1. The first-order valence-electron chi connectivity index (χ1n) is 7.95. The molecule has 3 heteroatoms. The molecular formula is C18H28N2O. The number of benzene rings is 1. The van der Waals surface area contributed by atoms with Crippen LogP contribution in [0.1, 0.15) is 57.9 Å². The first-order chi connectivity index (χ1) is 10.1. The molecular weight excluding hydrogens is 260 g/mol. The number of unbranched alkanes of at least 4 members (excludes halogenated alkanes) is 5. The maximum Gasteiger partial charge on any atom is 0.246 e. The van der Waals surface area contributed by atoms with E-state index in [4.69, 9.17) is 5.73 Å². The fourth-order valence-electron chi connectivity index (χ4n) is 2.21. The Balaban J connectivity index is 2.28. The molecule has 0 saturated carbocycles. The van der Waals surface area contributed by atoms with Gasteiger partial charge in [0, 0.05) is 17.8 Å². The van der Waals surface area contributed by atoms with Gasteiger partial charge in [0.25, 0.3) is 0 Å². The van der Waals surface area contributed by atoms with E-state index < -0.39 is 0 Å². The molecule has 116 valence electrons. The lowest BCUT2D eigenvalue weighted by Crippen LogP contribution is -2.25. The van der Waals surface area contributed by atoms with E-state index in [0.717, 1.165) is 18.5 Å². The maximum absolute atomic E-state index is 12.0. The van der Waals surface area contributed by atoms with E-state index in [2.05, 4.69) is 12.2 Å². The van der Waals surface area contributed by atoms with Crippen molar-refractivity contribution in [3.63, 3.8) is 0 Å². The predicted octanol–water partition coefficient (Wildman–Crippen LogP) is 4.15. The smallest absolute Gasteiger partial charge is 0.246 e. The molecule has 3 nitrogen and oxygen atoms in total. The van der Waals surface area contributed by atoms with Crippen LogP contribution in [0.3, 0.4) is 0 Å². The number of rotatable bonds is 9. The second kappa shape index (κ2) is 10.0. The van der Waals surface area contributed by atoms with Crippen LogP contribution < -0.4 is 11.1 Å². The van der Waals surface area contributed by atoms with Gasteiger partial charge in [0.1, 0.15) is 0 Å². The maximum atomic E-state index is 12.0. The minimum absolute atomic E-state index is 0.00554. The third-order valence-electron chi connectivity index (χ3n) is 3.47. The van der Waals surface area contributed by atoms with Gasteiger partial charge in [-0.2, -0.15) is 0 Å². The second-order valence-electron chi connectivity index (χ2n) is 5.52. The largest absolute Gasteiger partial charge is 0.399 e. The normalized spacial score (nSPS) is 11.4. The summed E-state index contributed by atoms with van der Waals surface area (Å²) in [5, 5.41) is 2.97. The van der Waals surface area contributed by atoms with Crippen molar-refractivity contribution < 1.29 is 4.79 Å². The highest BCUT2D eigenvalue weighted by Crippen LogP contribution is 2.11. The van der Waals surface area contributed by atoms with Crippen LogP contribution in [0.2, 0.25) is 0 Å². The molecule has 0 radical (unpaired) electrons. The number of nitrogens with two attached hydrogens (primary N) is 1. The first-order valence-corrected chi connectivity index (χ1v) is 7.95. The van der Waals surface area contributed by atoms with E-state index in [-0.39, 0.29) is 5.91 Å². The Bertz CT molecular complexity index is 466. The molecule has 1 aromatic rings. The molecule has 1 rings (SSSR count). The van der Waals surface area contributed by atoms with Gasteiger partial charge in [-0.1, -0.05) is 51.2 Å². The number of carbonyl (C=O) groups excluding carboxylic acids is 1. The van der Waals surface area contributed by atoms with Gasteiger partial charge in [0.15, 0.2) is 0 Å². The summed E-state index contributed by atoms with van der Waals surface area (Å²) in [5.41, 5.74) is 8.12. The number of anilines is 1. The van der Waals surface area contributed by atoms with Crippen molar-refractivity contribution in [2.75, 3.05) is 12.3 Å². The van der Waals surface area contributed by atoms with Gasteiger partial charge >= 0.3 is 0 Å². The summed E-state index contributed by atoms with van der Waals surface area (Å²) < 4.78 is 0. The van der Waals surface area contributed by atoms with Gasteiger partial charge in [0.05, 0.1) is 0 Å². The van der Waals surface area contributed by atoms with Crippen LogP contribution in [0.25, 0.3) is 6.08 Å². The fourth-order valence-corrected chi connectivity index (χ4v) is 2.21.